The van der Waals surface area contributed by atoms with Crippen LogP contribution in [-0.2, 0) is 0 Å². The van der Waals surface area contributed by atoms with Crippen molar-refractivity contribution in [3.8, 4) is 5.75 Å². The summed E-state index contributed by atoms with van der Waals surface area (Å²) in [6.45, 7) is 0. The van der Waals surface area contributed by atoms with Gasteiger partial charge in [-0.3, -0.25) is 0 Å². The summed E-state index contributed by atoms with van der Waals surface area (Å²) in [5, 5.41) is 11.1. The van der Waals surface area contributed by atoms with Gasteiger partial charge in [0.1, 0.15) is 5.75 Å². The maximum absolute atomic E-state index is 11.1. The molecule has 0 atom stereocenters. The third kappa shape index (κ3) is 3.99. The van der Waals surface area contributed by atoms with E-state index >= 15 is 0 Å². The van der Waals surface area contributed by atoms with E-state index in [0.717, 1.165) is 39.1 Å². The van der Waals surface area contributed by atoms with Crippen LogP contribution in [0.2, 0.25) is 0 Å². The number of phenols is 1. The Morgan fingerprint density at radius 3 is 1.40 bits per heavy atom. The average molecular weight is 392 g/mol. The lowest BCUT2D eigenvalue weighted by Gasteiger charge is -2.20. The zero-order valence-electron chi connectivity index (χ0n) is 17.3. The molecule has 0 bridgehead atoms. The van der Waals surface area contributed by atoms with Crippen LogP contribution in [0, 0.1) is 0 Å². The van der Waals surface area contributed by atoms with Gasteiger partial charge in [0.15, 0.2) is 0 Å². The first-order valence-electron chi connectivity index (χ1n) is 10.1. The van der Waals surface area contributed by atoms with Crippen molar-refractivity contribution >= 4 is 16.8 Å². The van der Waals surface area contributed by atoms with Crippen molar-refractivity contribution in [1.29, 1.82) is 0 Å². The molecule has 0 aliphatic carbocycles. The van der Waals surface area contributed by atoms with Gasteiger partial charge in [-0.25, -0.2) is 0 Å². The van der Waals surface area contributed by atoms with E-state index in [0.29, 0.717) is 0 Å². The zero-order valence-corrected chi connectivity index (χ0v) is 17.3. The van der Waals surface area contributed by atoms with Gasteiger partial charge >= 0.3 is 0 Å². The van der Waals surface area contributed by atoms with E-state index in [-0.39, 0.29) is 5.75 Å². The molecule has 1 N–H and O–H groups in total. The lowest BCUT2D eigenvalue weighted by atomic mass is 9.85. The number of anilines is 1. The summed E-state index contributed by atoms with van der Waals surface area (Å²) in [6, 6.07) is 36.9. The molecule has 0 aromatic heterocycles. The second-order valence-electron chi connectivity index (χ2n) is 7.44. The SMILES string of the molecule is CN(C)c1ccc(C(=C(c2ccccc2)c2ccccc2)c2ccccc2)c(O)c1. The van der Waals surface area contributed by atoms with E-state index in [4.69, 9.17) is 0 Å². The maximum atomic E-state index is 11.1. The van der Waals surface area contributed by atoms with Crippen molar-refractivity contribution in [3.05, 3.63) is 131 Å². The summed E-state index contributed by atoms with van der Waals surface area (Å²) in [6.07, 6.45) is 0. The number of nitrogens with zero attached hydrogens (tertiary/aromatic N) is 1. The standard InChI is InChI=1S/C28H25NO/c1-29(2)24-18-19-25(26(30)20-24)28(23-16-10-5-11-17-23)27(21-12-6-3-7-13-21)22-14-8-4-9-15-22/h3-20,30H,1-2H3. The van der Waals surface area contributed by atoms with Crippen molar-refractivity contribution in [1.82, 2.24) is 0 Å². The fourth-order valence-electron chi connectivity index (χ4n) is 3.71. The Morgan fingerprint density at radius 2 is 1.00 bits per heavy atom. The van der Waals surface area contributed by atoms with Crippen LogP contribution in [-0.4, -0.2) is 19.2 Å². The van der Waals surface area contributed by atoms with Crippen molar-refractivity contribution < 1.29 is 5.11 Å². The molecule has 0 radical (unpaired) electrons. The molecular weight excluding hydrogens is 366 g/mol. The molecule has 148 valence electrons. The van der Waals surface area contributed by atoms with Crippen LogP contribution < -0.4 is 4.90 Å². The quantitative estimate of drug-likeness (QED) is 0.394. The fourth-order valence-corrected chi connectivity index (χ4v) is 3.71. The van der Waals surface area contributed by atoms with Crippen LogP contribution in [0.3, 0.4) is 0 Å². The molecule has 2 heteroatoms. The largest absolute Gasteiger partial charge is 0.507 e. The number of hydrogen-bond donors (Lipinski definition) is 1. The van der Waals surface area contributed by atoms with E-state index in [1.165, 1.54) is 0 Å². The van der Waals surface area contributed by atoms with E-state index in [1.54, 1.807) is 0 Å². The molecule has 0 saturated carbocycles. The number of aromatic hydroxyl groups is 1. The molecule has 2 nitrogen and oxygen atoms in total. The Kier molecular flexibility index (Phi) is 5.67. The summed E-state index contributed by atoms with van der Waals surface area (Å²) >= 11 is 0. The van der Waals surface area contributed by atoms with Crippen LogP contribution in [0.15, 0.2) is 109 Å². The van der Waals surface area contributed by atoms with Gasteiger partial charge in [-0.1, -0.05) is 91.0 Å². The Bertz CT molecular complexity index is 1110. The Balaban J connectivity index is 2.08. The molecule has 0 spiro atoms. The summed E-state index contributed by atoms with van der Waals surface area (Å²) in [4.78, 5) is 1.99. The van der Waals surface area contributed by atoms with Gasteiger partial charge in [0.05, 0.1) is 0 Å². The Morgan fingerprint density at radius 1 is 0.567 bits per heavy atom. The molecule has 0 heterocycles. The highest BCUT2D eigenvalue weighted by molar-refractivity contribution is 6.05. The van der Waals surface area contributed by atoms with Crippen molar-refractivity contribution in [2.45, 2.75) is 0 Å². The van der Waals surface area contributed by atoms with E-state index < -0.39 is 0 Å². The smallest absolute Gasteiger partial charge is 0.125 e. The minimum Gasteiger partial charge on any atom is -0.507 e. The molecule has 0 unspecified atom stereocenters. The second kappa shape index (κ2) is 8.71. The van der Waals surface area contributed by atoms with E-state index in [9.17, 15) is 5.11 Å². The zero-order chi connectivity index (χ0) is 20.9. The average Bonchev–Trinajstić information content (AvgIpc) is 2.79. The lowest BCUT2D eigenvalue weighted by molar-refractivity contribution is 0.474. The first-order valence-corrected chi connectivity index (χ1v) is 10.1. The third-order valence-corrected chi connectivity index (χ3v) is 5.20. The molecule has 0 aliphatic rings. The van der Waals surface area contributed by atoms with Gasteiger partial charge in [-0.15, -0.1) is 0 Å². The molecule has 0 fully saturated rings. The van der Waals surface area contributed by atoms with Crippen LogP contribution in [0.25, 0.3) is 11.1 Å². The predicted octanol–water partition coefficient (Wildman–Crippen LogP) is 6.47. The molecular formula is C28H25NO. The van der Waals surface area contributed by atoms with Gasteiger partial charge in [0.2, 0.25) is 0 Å². The summed E-state index contributed by atoms with van der Waals surface area (Å²) < 4.78 is 0. The van der Waals surface area contributed by atoms with Crippen molar-refractivity contribution in [3.63, 3.8) is 0 Å². The Labute approximate surface area is 178 Å². The van der Waals surface area contributed by atoms with Crippen LogP contribution >= 0.6 is 0 Å². The predicted molar refractivity (Wildman–Crippen MR) is 127 cm³/mol. The lowest BCUT2D eigenvalue weighted by Crippen LogP contribution is -2.08. The van der Waals surface area contributed by atoms with Crippen molar-refractivity contribution in [2.24, 2.45) is 0 Å². The molecule has 0 saturated heterocycles. The first kappa shape index (κ1) is 19.5. The van der Waals surface area contributed by atoms with Crippen LogP contribution in [0.4, 0.5) is 5.69 Å². The van der Waals surface area contributed by atoms with E-state index in [2.05, 4.69) is 60.7 Å². The number of hydrogen-bond acceptors (Lipinski definition) is 2. The summed E-state index contributed by atoms with van der Waals surface area (Å²) in [7, 11) is 3.95. The summed E-state index contributed by atoms with van der Waals surface area (Å²) in [5.41, 5.74) is 7.16. The third-order valence-electron chi connectivity index (χ3n) is 5.20. The van der Waals surface area contributed by atoms with Gasteiger partial charge in [-0.2, -0.15) is 0 Å². The number of rotatable bonds is 5. The van der Waals surface area contributed by atoms with Gasteiger partial charge in [0, 0.05) is 37.0 Å². The van der Waals surface area contributed by atoms with Crippen LogP contribution in [0.1, 0.15) is 22.3 Å². The molecule has 4 aromatic rings. The maximum Gasteiger partial charge on any atom is 0.125 e. The molecule has 4 rings (SSSR count). The number of phenolic OH excluding ortho intramolecular Hbond substituents is 1. The highest BCUT2D eigenvalue weighted by Crippen LogP contribution is 2.40. The minimum atomic E-state index is 0.268. The topological polar surface area (TPSA) is 23.5 Å². The summed E-state index contributed by atoms with van der Waals surface area (Å²) in [5.74, 6) is 0.268. The van der Waals surface area contributed by atoms with Gasteiger partial charge < -0.3 is 10.0 Å². The minimum absolute atomic E-state index is 0.268. The first-order chi connectivity index (χ1) is 14.6. The molecule has 0 aliphatic heterocycles. The van der Waals surface area contributed by atoms with Gasteiger partial charge in [0.25, 0.3) is 0 Å². The number of benzene rings is 4. The molecule has 0 amide bonds. The highest BCUT2D eigenvalue weighted by atomic mass is 16.3. The fraction of sp³-hybridized carbons (Fsp3) is 0.0714. The molecule has 4 aromatic carbocycles. The normalized spacial score (nSPS) is 10.5. The second-order valence-corrected chi connectivity index (χ2v) is 7.44. The highest BCUT2D eigenvalue weighted by Gasteiger charge is 2.18. The molecule has 30 heavy (non-hydrogen) atoms. The van der Waals surface area contributed by atoms with Crippen LogP contribution in [0.5, 0.6) is 5.75 Å². The van der Waals surface area contributed by atoms with Gasteiger partial charge in [-0.05, 0) is 34.4 Å². The Hall–Kier alpha value is -3.78. The monoisotopic (exact) mass is 391 g/mol. The van der Waals surface area contributed by atoms with Crippen molar-refractivity contribution in [2.75, 3.05) is 19.0 Å². The van der Waals surface area contributed by atoms with E-state index in [1.807, 2.05) is 67.5 Å².